The normalized spacial score (nSPS) is 16.2. The molecule has 2 rings (SSSR count). The molecule has 0 spiro atoms. The quantitative estimate of drug-likeness (QED) is 0.712. The van der Waals surface area contributed by atoms with Crippen LogP contribution in [0.25, 0.3) is 0 Å². The summed E-state index contributed by atoms with van der Waals surface area (Å²) < 4.78 is 17.6. The number of piperazine rings is 1. The number of carbonyl (C=O) groups excluding carboxylic acids is 1. The highest BCUT2D eigenvalue weighted by Gasteiger charge is 2.45. The minimum absolute atomic E-state index is 0.292. The smallest absolute Gasteiger partial charge is 0.410 e. The summed E-state index contributed by atoms with van der Waals surface area (Å²) in [6.07, 6.45) is 0.462. The molecule has 0 unspecified atom stereocenters. The van der Waals surface area contributed by atoms with Crippen LogP contribution in [0.5, 0.6) is 0 Å². The van der Waals surface area contributed by atoms with Crippen molar-refractivity contribution in [3.63, 3.8) is 0 Å². The first-order chi connectivity index (χ1) is 12.9. The minimum atomic E-state index is -4.28. The number of carbonyl (C=O) groups is 1. The van der Waals surface area contributed by atoms with E-state index in [2.05, 4.69) is 4.90 Å². The monoisotopic (exact) mass is 412 g/mol. The topological polar surface area (TPSA) is 90.3 Å². The molecule has 0 bridgehead atoms. The van der Waals surface area contributed by atoms with E-state index in [1.165, 1.54) is 0 Å². The molecule has 0 saturated carbocycles. The number of hydrogen-bond donors (Lipinski definition) is 2. The maximum absolute atomic E-state index is 12.2. The summed E-state index contributed by atoms with van der Waals surface area (Å²) in [5.41, 5.74) is 1.15. The largest absolute Gasteiger partial charge is 0.444 e. The van der Waals surface area contributed by atoms with Crippen molar-refractivity contribution in [1.29, 1.82) is 0 Å². The van der Waals surface area contributed by atoms with E-state index >= 15 is 0 Å². The van der Waals surface area contributed by atoms with E-state index in [1.54, 1.807) is 4.90 Å². The lowest BCUT2D eigenvalue weighted by Gasteiger charge is -2.37. The summed E-state index contributed by atoms with van der Waals surface area (Å²) in [7, 11) is -4.28. The zero-order valence-corrected chi connectivity index (χ0v) is 18.4. The second-order valence-corrected chi connectivity index (χ2v) is 10.2. The third kappa shape index (κ3) is 4.88. The van der Waals surface area contributed by atoms with Gasteiger partial charge in [-0.3, -0.25) is 4.57 Å². The lowest BCUT2D eigenvalue weighted by molar-refractivity contribution is 0.0240. The van der Waals surface area contributed by atoms with Gasteiger partial charge < -0.3 is 24.3 Å². The molecular weight excluding hydrogens is 379 g/mol. The Kier molecular flexibility index (Phi) is 6.85. The van der Waals surface area contributed by atoms with Crippen LogP contribution in [0.4, 0.5) is 10.5 Å². The molecule has 8 heteroatoms. The molecule has 7 nitrogen and oxygen atoms in total. The predicted molar refractivity (Wildman–Crippen MR) is 111 cm³/mol. The number of benzene rings is 1. The van der Waals surface area contributed by atoms with E-state index < -0.39 is 18.4 Å². The van der Waals surface area contributed by atoms with Gasteiger partial charge in [0.25, 0.3) is 0 Å². The Balaban J connectivity index is 2.07. The lowest BCUT2D eigenvalue weighted by Crippen LogP contribution is -2.50. The molecule has 2 N–H and O–H groups in total. The summed E-state index contributed by atoms with van der Waals surface area (Å²) >= 11 is 0. The zero-order valence-electron chi connectivity index (χ0n) is 17.5. The third-order valence-electron chi connectivity index (χ3n) is 5.43. The van der Waals surface area contributed by atoms with E-state index in [9.17, 15) is 19.1 Å². The molecule has 158 valence electrons. The standard InChI is InChI=1S/C20H33N2O5P/c1-6-20(7-2,28(24,25)26)16-8-10-17(11-9-16)21-12-14-22(15-13-21)18(23)27-19(3,4)5/h8-11H,6-7,12-15H2,1-5H3,(H2,24,25,26). The summed E-state index contributed by atoms with van der Waals surface area (Å²) in [4.78, 5) is 35.9. The van der Waals surface area contributed by atoms with Crippen LogP contribution in [-0.4, -0.2) is 52.6 Å². The molecule has 0 aliphatic carbocycles. The molecule has 1 fully saturated rings. The van der Waals surface area contributed by atoms with Crippen molar-refractivity contribution >= 4 is 19.4 Å². The minimum Gasteiger partial charge on any atom is -0.444 e. The first-order valence-electron chi connectivity index (χ1n) is 9.82. The van der Waals surface area contributed by atoms with Gasteiger partial charge in [0.05, 0.1) is 5.16 Å². The highest BCUT2D eigenvalue weighted by atomic mass is 31.2. The van der Waals surface area contributed by atoms with Crippen LogP contribution in [0.3, 0.4) is 0 Å². The maximum Gasteiger partial charge on any atom is 0.410 e. The number of anilines is 1. The molecule has 1 aromatic carbocycles. The summed E-state index contributed by atoms with van der Waals surface area (Å²) in [5.74, 6) is 0. The van der Waals surface area contributed by atoms with Gasteiger partial charge in [-0.2, -0.15) is 0 Å². The molecule has 1 amide bonds. The van der Waals surface area contributed by atoms with Crippen LogP contribution in [-0.2, 0) is 14.5 Å². The zero-order chi connectivity index (χ0) is 21.2. The molecule has 1 aliphatic heterocycles. The maximum atomic E-state index is 12.2. The molecule has 28 heavy (non-hydrogen) atoms. The van der Waals surface area contributed by atoms with Crippen molar-refractivity contribution in [2.24, 2.45) is 0 Å². The molecule has 1 heterocycles. The van der Waals surface area contributed by atoms with Crippen LogP contribution in [0, 0.1) is 0 Å². The summed E-state index contributed by atoms with van der Waals surface area (Å²) in [6, 6.07) is 7.46. The predicted octanol–water partition coefficient (Wildman–Crippen LogP) is 3.94. The molecular formula is C20H33N2O5P. The SMILES string of the molecule is CCC(CC)(c1ccc(N2CCN(C(=O)OC(C)(C)C)CC2)cc1)P(=O)(O)O. The lowest BCUT2D eigenvalue weighted by atomic mass is 9.92. The van der Waals surface area contributed by atoms with E-state index in [0.717, 1.165) is 5.69 Å². The van der Waals surface area contributed by atoms with Crippen LogP contribution in [0.15, 0.2) is 24.3 Å². The molecule has 1 aromatic rings. The van der Waals surface area contributed by atoms with Crippen LogP contribution in [0.1, 0.15) is 53.0 Å². The second kappa shape index (κ2) is 8.44. The highest BCUT2D eigenvalue weighted by Crippen LogP contribution is 2.60. The van der Waals surface area contributed by atoms with Crippen molar-refractivity contribution in [1.82, 2.24) is 4.90 Å². The van der Waals surface area contributed by atoms with Crippen LogP contribution >= 0.6 is 7.60 Å². The molecule has 1 aliphatic rings. The Morgan fingerprint density at radius 2 is 1.54 bits per heavy atom. The van der Waals surface area contributed by atoms with Crippen molar-refractivity contribution in [2.45, 2.75) is 58.2 Å². The van der Waals surface area contributed by atoms with Gasteiger partial charge in [0.15, 0.2) is 0 Å². The van der Waals surface area contributed by atoms with Crippen molar-refractivity contribution in [2.75, 3.05) is 31.1 Å². The Morgan fingerprint density at radius 1 is 1.04 bits per heavy atom. The number of nitrogens with zero attached hydrogens (tertiary/aromatic N) is 2. The van der Waals surface area contributed by atoms with E-state index in [-0.39, 0.29) is 6.09 Å². The van der Waals surface area contributed by atoms with Gasteiger partial charge in [-0.1, -0.05) is 26.0 Å². The van der Waals surface area contributed by atoms with E-state index in [4.69, 9.17) is 4.74 Å². The van der Waals surface area contributed by atoms with Gasteiger partial charge in [0, 0.05) is 31.9 Å². The number of ether oxygens (including phenoxy) is 1. The Morgan fingerprint density at radius 3 is 1.93 bits per heavy atom. The van der Waals surface area contributed by atoms with Gasteiger partial charge in [-0.25, -0.2) is 4.79 Å². The van der Waals surface area contributed by atoms with Gasteiger partial charge in [-0.05, 0) is 51.3 Å². The summed E-state index contributed by atoms with van der Waals surface area (Å²) in [6.45, 7) is 11.7. The first-order valence-corrected chi connectivity index (χ1v) is 11.4. The van der Waals surface area contributed by atoms with Gasteiger partial charge in [0.2, 0.25) is 0 Å². The Labute approximate surface area is 167 Å². The van der Waals surface area contributed by atoms with Gasteiger partial charge in [-0.15, -0.1) is 0 Å². The number of amides is 1. The van der Waals surface area contributed by atoms with Crippen molar-refractivity contribution < 1.29 is 23.9 Å². The number of rotatable bonds is 5. The molecule has 0 radical (unpaired) electrons. The van der Waals surface area contributed by atoms with Gasteiger partial charge >= 0.3 is 13.7 Å². The second-order valence-electron chi connectivity index (χ2n) is 8.28. The fourth-order valence-corrected chi connectivity index (χ4v) is 5.00. The number of hydrogen-bond acceptors (Lipinski definition) is 4. The van der Waals surface area contributed by atoms with Crippen molar-refractivity contribution in [3.8, 4) is 0 Å². The average molecular weight is 412 g/mol. The Bertz CT molecular complexity index is 711. The van der Waals surface area contributed by atoms with Crippen LogP contribution < -0.4 is 4.90 Å². The Hall–Kier alpha value is -1.56. The summed E-state index contributed by atoms with van der Waals surface area (Å²) in [5, 5.41) is -1.14. The van der Waals surface area contributed by atoms with Crippen LogP contribution in [0.2, 0.25) is 0 Å². The van der Waals surface area contributed by atoms with Gasteiger partial charge in [0.1, 0.15) is 5.60 Å². The molecule has 1 saturated heterocycles. The van der Waals surface area contributed by atoms with E-state index in [1.807, 2.05) is 58.9 Å². The molecule has 0 atom stereocenters. The first kappa shape index (κ1) is 22.7. The fourth-order valence-electron chi connectivity index (χ4n) is 3.69. The fraction of sp³-hybridized carbons (Fsp3) is 0.650. The van der Waals surface area contributed by atoms with E-state index in [0.29, 0.717) is 44.6 Å². The molecule has 0 aromatic heterocycles. The highest BCUT2D eigenvalue weighted by molar-refractivity contribution is 7.53. The van der Waals surface area contributed by atoms with Crippen molar-refractivity contribution in [3.05, 3.63) is 29.8 Å². The third-order valence-corrected chi connectivity index (χ3v) is 7.43. The average Bonchev–Trinajstić information content (AvgIpc) is 2.61.